The molecule has 0 amide bonds. The monoisotopic (exact) mass is 239 g/mol. The van der Waals surface area contributed by atoms with Gasteiger partial charge in [-0.25, -0.2) is 0 Å². The molecule has 0 aromatic rings. The number of hydrogen-bond acceptors (Lipinski definition) is 3. The van der Waals surface area contributed by atoms with Crippen molar-refractivity contribution < 1.29 is 14.6 Å². The molecular weight excluding hydrogens is 218 g/mol. The van der Waals surface area contributed by atoms with E-state index >= 15 is 0 Å². The first-order valence-electron chi connectivity index (χ1n) is 6.83. The zero-order valence-electron chi connectivity index (χ0n) is 10.2. The van der Waals surface area contributed by atoms with Gasteiger partial charge in [-0.05, 0) is 51.5 Å². The Kier molecular flexibility index (Phi) is 2.87. The number of carbonyl (C=O) groups is 1. The highest BCUT2D eigenvalue weighted by Crippen LogP contribution is 2.44. The molecule has 17 heavy (non-hydrogen) atoms. The van der Waals surface area contributed by atoms with Crippen LogP contribution >= 0.6 is 0 Å². The van der Waals surface area contributed by atoms with Gasteiger partial charge >= 0.3 is 5.97 Å². The lowest BCUT2D eigenvalue weighted by Gasteiger charge is -2.49. The molecule has 3 aliphatic rings. The van der Waals surface area contributed by atoms with Gasteiger partial charge in [-0.2, -0.15) is 0 Å². The van der Waals surface area contributed by atoms with E-state index in [0.717, 1.165) is 38.8 Å². The maximum absolute atomic E-state index is 11.2. The second kappa shape index (κ2) is 4.25. The minimum absolute atomic E-state index is 0.120. The number of hydrogen-bond donors (Lipinski definition) is 1. The Bertz CT molecular complexity index is 314. The predicted octanol–water partition coefficient (Wildman–Crippen LogP) is 1.64. The third-order valence-corrected chi connectivity index (χ3v) is 4.78. The highest BCUT2D eigenvalue weighted by Gasteiger charge is 2.46. The summed E-state index contributed by atoms with van der Waals surface area (Å²) in [6, 6.07) is 0.197. The number of likely N-dealkylation sites (tertiary alicyclic amines) is 1. The van der Waals surface area contributed by atoms with Crippen molar-refractivity contribution in [2.75, 3.05) is 13.2 Å². The van der Waals surface area contributed by atoms with Gasteiger partial charge < -0.3 is 9.84 Å². The first kappa shape index (κ1) is 11.5. The second-order valence-corrected chi connectivity index (χ2v) is 5.77. The normalized spacial score (nSPS) is 36.9. The summed E-state index contributed by atoms with van der Waals surface area (Å²) in [4.78, 5) is 13.5. The van der Waals surface area contributed by atoms with Crippen molar-refractivity contribution in [3.05, 3.63) is 0 Å². The summed E-state index contributed by atoms with van der Waals surface area (Å²) < 4.78 is 5.91. The summed E-state index contributed by atoms with van der Waals surface area (Å²) in [5.41, 5.74) is 0.120. The zero-order chi connectivity index (χ0) is 11.9. The number of carboxylic acids is 1. The summed E-state index contributed by atoms with van der Waals surface area (Å²) >= 11 is 0. The van der Waals surface area contributed by atoms with Crippen LogP contribution in [0.4, 0.5) is 0 Å². The molecule has 1 aliphatic carbocycles. The molecule has 0 bridgehead atoms. The minimum atomic E-state index is -0.642. The van der Waals surface area contributed by atoms with Crippen molar-refractivity contribution >= 4 is 5.97 Å². The van der Waals surface area contributed by atoms with Gasteiger partial charge in [0.2, 0.25) is 0 Å². The first-order chi connectivity index (χ1) is 8.20. The van der Waals surface area contributed by atoms with Gasteiger partial charge in [0.1, 0.15) is 6.04 Å². The van der Waals surface area contributed by atoms with Crippen LogP contribution in [0.5, 0.6) is 0 Å². The van der Waals surface area contributed by atoms with Gasteiger partial charge in [-0.1, -0.05) is 0 Å². The topological polar surface area (TPSA) is 49.8 Å². The average Bonchev–Trinajstić information content (AvgIpc) is 2.76. The molecule has 2 saturated heterocycles. The van der Waals surface area contributed by atoms with E-state index in [1.165, 1.54) is 19.3 Å². The van der Waals surface area contributed by atoms with Crippen LogP contribution in [0, 0.1) is 0 Å². The number of rotatable bonds is 2. The zero-order valence-corrected chi connectivity index (χ0v) is 10.2. The van der Waals surface area contributed by atoms with Crippen molar-refractivity contribution in [2.45, 2.75) is 62.6 Å². The van der Waals surface area contributed by atoms with E-state index in [2.05, 4.69) is 4.90 Å². The van der Waals surface area contributed by atoms with E-state index < -0.39 is 5.97 Å². The summed E-state index contributed by atoms with van der Waals surface area (Å²) in [5.74, 6) is -0.642. The molecule has 2 heterocycles. The molecule has 4 heteroatoms. The van der Waals surface area contributed by atoms with Gasteiger partial charge in [0.15, 0.2) is 0 Å². The van der Waals surface area contributed by atoms with Crippen molar-refractivity contribution in [1.29, 1.82) is 0 Å². The highest BCUT2D eigenvalue weighted by molar-refractivity contribution is 5.73. The molecule has 2 atom stereocenters. The van der Waals surface area contributed by atoms with Gasteiger partial charge in [-0.15, -0.1) is 0 Å². The Hall–Kier alpha value is -0.610. The summed E-state index contributed by atoms with van der Waals surface area (Å²) in [7, 11) is 0. The lowest BCUT2D eigenvalue weighted by Crippen LogP contribution is -2.54. The van der Waals surface area contributed by atoms with Crippen molar-refractivity contribution in [1.82, 2.24) is 4.90 Å². The van der Waals surface area contributed by atoms with Crippen LogP contribution in [-0.2, 0) is 9.53 Å². The number of ether oxygens (including phenoxy) is 1. The van der Waals surface area contributed by atoms with Crippen LogP contribution < -0.4 is 0 Å². The molecule has 1 saturated carbocycles. The number of aliphatic carboxylic acids is 1. The van der Waals surface area contributed by atoms with Crippen LogP contribution in [-0.4, -0.2) is 46.8 Å². The van der Waals surface area contributed by atoms with Crippen molar-refractivity contribution in [3.8, 4) is 0 Å². The molecule has 2 unspecified atom stereocenters. The van der Waals surface area contributed by atoms with E-state index in [4.69, 9.17) is 4.74 Å². The van der Waals surface area contributed by atoms with E-state index in [1.807, 2.05) is 0 Å². The second-order valence-electron chi connectivity index (χ2n) is 5.77. The Morgan fingerprint density at radius 1 is 1.29 bits per heavy atom. The molecule has 1 N–H and O–H groups in total. The maximum Gasteiger partial charge on any atom is 0.320 e. The van der Waals surface area contributed by atoms with Crippen LogP contribution in [0.1, 0.15) is 44.9 Å². The van der Waals surface area contributed by atoms with Crippen LogP contribution in [0.2, 0.25) is 0 Å². The maximum atomic E-state index is 11.2. The highest BCUT2D eigenvalue weighted by atomic mass is 16.5. The standard InChI is InChI=1S/C13H21NO3/c15-12(16)11-3-1-7-14(11)10-4-8-17-13(9-10)5-2-6-13/h10-11H,1-9H2,(H,15,16). The van der Waals surface area contributed by atoms with E-state index in [-0.39, 0.29) is 11.6 Å². The number of nitrogens with zero attached hydrogens (tertiary/aromatic N) is 1. The molecule has 3 rings (SSSR count). The van der Waals surface area contributed by atoms with Crippen LogP contribution in [0.15, 0.2) is 0 Å². The fourth-order valence-corrected chi connectivity index (χ4v) is 3.70. The van der Waals surface area contributed by atoms with Crippen LogP contribution in [0.3, 0.4) is 0 Å². The summed E-state index contributed by atoms with van der Waals surface area (Å²) in [6.45, 7) is 1.77. The fourth-order valence-electron chi connectivity index (χ4n) is 3.70. The Balaban J connectivity index is 1.68. The quantitative estimate of drug-likeness (QED) is 0.796. The van der Waals surface area contributed by atoms with Crippen molar-refractivity contribution in [3.63, 3.8) is 0 Å². The van der Waals surface area contributed by atoms with Crippen molar-refractivity contribution in [2.24, 2.45) is 0 Å². The number of carboxylic acid groups (broad SMARTS) is 1. The third kappa shape index (κ3) is 1.97. The lowest BCUT2D eigenvalue weighted by atomic mass is 9.73. The first-order valence-corrected chi connectivity index (χ1v) is 6.83. The van der Waals surface area contributed by atoms with Gasteiger partial charge in [0, 0.05) is 12.6 Å². The molecule has 96 valence electrons. The summed E-state index contributed by atoms with van der Waals surface area (Å²) in [5, 5.41) is 9.24. The summed E-state index contributed by atoms with van der Waals surface area (Å²) in [6.07, 6.45) is 7.53. The minimum Gasteiger partial charge on any atom is -0.480 e. The largest absolute Gasteiger partial charge is 0.480 e. The molecule has 0 aromatic carbocycles. The average molecular weight is 239 g/mol. The fraction of sp³-hybridized carbons (Fsp3) is 0.923. The Labute approximate surface area is 102 Å². The molecule has 1 spiro atoms. The molecule has 4 nitrogen and oxygen atoms in total. The van der Waals surface area contributed by atoms with Gasteiger partial charge in [0.05, 0.1) is 5.60 Å². The predicted molar refractivity (Wildman–Crippen MR) is 62.9 cm³/mol. The third-order valence-electron chi connectivity index (χ3n) is 4.78. The van der Waals surface area contributed by atoms with E-state index in [9.17, 15) is 9.90 Å². The lowest BCUT2D eigenvalue weighted by molar-refractivity contribution is -0.158. The molecular formula is C13H21NO3. The molecule has 0 radical (unpaired) electrons. The van der Waals surface area contributed by atoms with Crippen LogP contribution in [0.25, 0.3) is 0 Å². The van der Waals surface area contributed by atoms with E-state index in [0.29, 0.717) is 6.04 Å². The van der Waals surface area contributed by atoms with E-state index in [1.54, 1.807) is 0 Å². The van der Waals surface area contributed by atoms with Gasteiger partial charge in [0.25, 0.3) is 0 Å². The van der Waals surface area contributed by atoms with Gasteiger partial charge in [-0.3, -0.25) is 9.69 Å². The molecule has 0 aromatic heterocycles. The molecule has 2 aliphatic heterocycles. The Morgan fingerprint density at radius 3 is 2.76 bits per heavy atom. The smallest absolute Gasteiger partial charge is 0.320 e. The Morgan fingerprint density at radius 2 is 2.12 bits per heavy atom. The SMILES string of the molecule is O=C(O)C1CCCN1C1CCOC2(CCC2)C1. The molecule has 3 fully saturated rings.